The number of aryl methyl sites for hydroxylation is 2. The second-order valence-electron chi connectivity index (χ2n) is 6.54. The first-order valence-corrected chi connectivity index (χ1v) is 8.48. The van der Waals surface area contributed by atoms with Gasteiger partial charge in [-0.1, -0.05) is 12.1 Å². The molecule has 1 atom stereocenters. The van der Waals surface area contributed by atoms with Crippen LogP contribution in [0.3, 0.4) is 0 Å². The number of nitrogens with zero attached hydrogens (tertiary/aromatic N) is 3. The zero-order valence-electron chi connectivity index (χ0n) is 14.3. The number of likely N-dealkylation sites (tertiary alicyclic amines) is 1. The molecule has 0 spiro atoms. The number of hydrogen-bond acceptors (Lipinski definition) is 4. The van der Waals surface area contributed by atoms with E-state index < -0.39 is 0 Å². The van der Waals surface area contributed by atoms with Gasteiger partial charge in [0.25, 0.3) is 5.56 Å². The minimum absolute atomic E-state index is 0.0217. The third-order valence-electron chi connectivity index (χ3n) is 4.84. The summed E-state index contributed by atoms with van der Waals surface area (Å²) in [6.45, 7) is 4.06. The molecule has 128 valence electrons. The Kier molecular flexibility index (Phi) is 4.94. The maximum atomic E-state index is 12.5. The number of para-hydroxylation sites is 1. The maximum absolute atomic E-state index is 12.5. The number of rotatable bonds is 5. The third kappa shape index (κ3) is 3.48. The van der Waals surface area contributed by atoms with Crippen LogP contribution in [0.4, 0.5) is 0 Å². The number of likely N-dealkylation sites (N-methyl/N-ethyl adjacent to an activating group) is 1. The first-order chi connectivity index (χ1) is 11.6. The fourth-order valence-electron chi connectivity index (χ4n) is 3.28. The molecule has 6 heteroatoms. The molecule has 24 heavy (non-hydrogen) atoms. The highest BCUT2D eigenvalue weighted by molar-refractivity contribution is 5.80. The number of nitrogens with one attached hydrogen (secondary N) is 1. The van der Waals surface area contributed by atoms with E-state index in [-0.39, 0.29) is 17.9 Å². The molecule has 2 heterocycles. The molecule has 1 fully saturated rings. The van der Waals surface area contributed by atoms with Gasteiger partial charge in [-0.05, 0) is 45.0 Å². The molecule has 0 radical (unpaired) electrons. The number of hydrogen-bond donors (Lipinski definition) is 1. The van der Waals surface area contributed by atoms with Gasteiger partial charge in [0.05, 0.1) is 17.2 Å². The van der Waals surface area contributed by atoms with Gasteiger partial charge in [-0.15, -0.1) is 0 Å². The quantitative estimate of drug-likeness (QED) is 0.898. The first kappa shape index (κ1) is 16.6. The van der Waals surface area contributed by atoms with Crippen LogP contribution in [0.5, 0.6) is 0 Å². The van der Waals surface area contributed by atoms with Gasteiger partial charge in [-0.3, -0.25) is 14.2 Å². The van der Waals surface area contributed by atoms with Crippen molar-refractivity contribution in [3.05, 3.63) is 40.4 Å². The first-order valence-electron chi connectivity index (χ1n) is 8.48. The van der Waals surface area contributed by atoms with Crippen molar-refractivity contribution in [2.24, 2.45) is 0 Å². The lowest BCUT2D eigenvalue weighted by atomic mass is 10.1. The molecule has 1 saturated heterocycles. The van der Waals surface area contributed by atoms with Crippen LogP contribution in [0.2, 0.25) is 0 Å². The SMILES string of the molecule is Cc1cccc2c(=O)n(CCC(=O)NC[C@@H]3CCCN3C)cnc12. The van der Waals surface area contributed by atoms with Crippen molar-refractivity contribution in [2.75, 3.05) is 20.1 Å². The van der Waals surface area contributed by atoms with E-state index in [2.05, 4.69) is 22.2 Å². The summed E-state index contributed by atoms with van der Waals surface area (Å²) in [5.41, 5.74) is 1.62. The molecule has 1 amide bonds. The van der Waals surface area contributed by atoms with Gasteiger partial charge < -0.3 is 10.2 Å². The molecule has 1 aliphatic heterocycles. The van der Waals surface area contributed by atoms with Crippen molar-refractivity contribution < 1.29 is 4.79 Å². The Morgan fingerprint density at radius 2 is 2.25 bits per heavy atom. The molecule has 1 aliphatic rings. The van der Waals surface area contributed by atoms with E-state index in [0.29, 0.717) is 24.5 Å². The van der Waals surface area contributed by atoms with E-state index in [9.17, 15) is 9.59 Å². The molecule has 3 rings (SSSR count). The predicted octanol–water partition coefficient (Wildman–Crippen LogP) is 1.31. The van der Waals surface area contributed by atoms with E-state index in [1.807, 2.05) is 19.1 Å². The lowest BCUT2D eigenvalue weighted by molar-refractivity contribution is -0.121. The zero-order valence-corrected chi connectivity index (χ0v) is 14.3. The molecular formula is C18H24N4O2. The number of carbonyl (C=O) groups is 1. The Hall–Kier alpha value is -2.21. The summed E-state index contributed by atoms with van der Waals surface area (Å²) in [7, 11) is 2.09. The summed E-state index contributed by atoms with van der Waals surface area (Å²) in [6.07, 6.45) is 4.14. The topological polar surface area (TPSA) is 67.2 Å². The minimum Gasteiger partial charge on any atom is -0.354 e. The van der Waals surface area contributed by atoms with Crippen molar-refractivity contribution in [1.82, 2.24) is 19.8 Å². The van der Waals surface area contributed by atoms with Crippen molar-refractivity contribution in [3.8, 4) is 0 Å². The number of benzene rings is 1. The van der Waals surface area contributed by atoms with Crippen LogP contribution in [0, 0.1) is 6.92 Å². The molecule has 0 aliphatic carbocycles. The average molecular weight is 328 g/mol. The van der Waals surface area contributed by atoms with E-state index in [1.165, 1.54) is 17.3 Å². The van der Waals surface area contributed by atoms with E-state index >= 15 is 0 Å². The minimum atomic E-state index is -0.0907. The fraction of sp³-hybridized carbons (Fsp3) is 0.500. The number of fused-ring (bicyclic) bond motifs is 1. The summed E-state index contributed by atoms with van der Waals surface area (Å²) in [5, 5.41) is 3.58. The van der Waals surface area contributed by atoms with E-state index in [1.54, 1.807) is 6.07 Å². The second-order valence-corrected chi connectivity index (χ2v) is 6.54. The highest BCUT2D eigenvalue weighted by Gasteiger charge is 2.20. The van der Waals surface area contributed by atoms with Gasteiger partial charge in [0.15, 0.2) is 0 Å². The second kappa shape index (κ2) is 7.13. The van der Waals surface area contributed by atoms with Crippen molar-refractivity contribution in [2.45, 2.75) is 38.8 Å². The lowest BCUT2D eigenvalue weighted by Crippen LogP contribution is -2.38. The number of carbonyl (C=O) groups excluding carboxylic acids is 1. The molecule has 6 nitrogen and oxygen atoms in total. The maximum Gasteiger partial charge on any atom is 0.261 e. The normalized spacial score (nSPS) is 18.2. The van der Waals surface area contributed by atoms with Crippen LogP contribution in [-0.4, -0.2) is 46.5 Å². The standard InChI is InChI=1S/C18H24N4O2/c1-13-5-3-7-15-17(13)20-12-22(18(15)24)10-8-16(23)19-11-14-6-4-9-21(14)2/h3,5,7,12,14H,4,6,8-11H2,1-2H3,(H,19,23)/t14-/m0/s1. The Labute approximate surface area is 141 Å². The van der Waals surface area contributed by atoms with Gasteiger partial charge in [0.1, 0.15) is 0 Å². The van der Waals surface area contributed by atoms with Crippen molar-refractivity contribution in [1.29, 1.82) is 0 Å². The van der Waals surface area contributed by atoms with E-state index in [4.69, 9.17) is 0 Å². The van der Waals surface area contributed by atoms with Crippen molar-refractivity contribution >= 4 is 16.8 Å². The molecule has 0 saturated carbocycles. The highest BCUT2D eigenvalue weighted by atomic mass is 16.1. The van der Waals surface area contributed by atoms with Gasteiger partial charge in [0, 0.05) is 25.6 Å². The van der Waals surface area contributed by atoms with Crippen LogP contribution in [0.15, 0.2) is 29.3 Å². The van der Waals surface area contributed by atoms with E-state index in [0.717, 1.165) is 24.0 Å². The Balaban J connectivity index is 1.60. The van der Waals surface area contributed by atoms with Crippen LogP contribution < -0.4 is 10.9 Å². The smallest absolute Gasteiger partial charge is 0.261 e. The van der Waals surface area contributed by atoms with Gasteiger partial charge in [-0.2, -0.15) is 0 Å². The number of aromatic nitrogens is 2. The Morgan fingerprint density at radius 3 is 3.00 bits per heavy atom. The van der Waals surface area contributed by atoms with Crippen molar-refractivity contribution in [3.63, 3.8) is 0 Å². The summed E-state index contributed by atoms with van der Waals surface area (Å²) in [6, 6.07) is 6.01. The average Bonchev–Trinajstić information content (AvgIpc) is 2.98. The van der Waals surface area contributed by atoms with Crippen LogP contribution >= 0.6 is 0 Å². The van der Waals surface area contributed by atoms with Gasteiger partial charge in [0.2, 0.25) is 5.91 Å². The number of amides is 1. The molecule has 1 N–H and O–H groups in total. The molecule has 0 bridgehead atoms. The molecule has 1 aromatic heterocycles. The molecule has 0 unspecified atom stereocenters. The summed E-state index contributed by atoms with van der Waals surface area (Å²) in [5.74, 6) is -0.0217. The highest BCUT2D eigenvalue weighted by Crippen LogP contribution is 2.13. The fourth-order valence-corrected chi connectivity index (χ4v) is 3.28. The van der Waals surface area contributed by atoms with Gasteiger partial charge in [-0.25, -0.2) is 4.98 Å². The predicted molar refractivity (Wildman–Crippen MR) is 94.0 cm³/mol. The summed E-state index contributed by atoms with van der Waals surface area (Å²) in [4.78, 5) is 31.2. The summed E-state index contributed by atoms with van der Waals surface area (Å²) >= 11 is 0. The Bertz CT molecular complexity index is 799. The summed E-state index contributed by atoms with van der Waals surface area (Å²) < 4.78 is 1.52. The van der Waals surface area contributed by atoms with Gasteiger partial charge >= 0.3 is 0 Å². The van der Waals surface area contributed by atoms with Crippen LogP contribution in [-0.2, 0) is 11.3 Å². The molecule has 1 aromatic carbocycles. The lowest BCUT2D eigenvalue weighted by Gasteiger charge is -2.19. The third-order valence-corrected chi connectivity index (χ3v) is 4.84. The van der Waals surface area contributed by atoms with Crippen LogP contribution in [0.1, 0.15) is 24.8 Å². The molecular weight excluding hydrogens is 304 g/mol. The molecule has 2 aromatic rings. The monoisotopic (exact) mass is 328 g/mol. The largest absolute Gasteiger partial charge is 0.354 e. The Morgan fingerprint density at radius 1 is 1.42 bits per heavy atom. The van der Waals surface area contributed by atoms with Crippen LogP contribution in [0.25, 0.3) is 10.9 Å². The zero-order chi connectivity index (χ0) is 17.1.